The third-order valence-electron chi connectivity index (χ3n) is 4.82. The number of aryl methyl sites for hydroxylation is 1. The van der Waals surface area contributed by atoms with Crippen molar-refractivity contribution in [2.45, 2.75) is 30.2 Å². The first-order valence-corrected chi connectivity index (χ1v) is 11.1. The van der Waals surface area contributed by atoms with Crippen molar-refractivity contribution in [3.63, 3.8) is 0 Å². The molecule has 1 fully saturated rings. The third kappa shape index (κ3) is 5.42. The lowest BCUT2D eigenvalue weighted by atomic mass is 10.1. The largest absolute Gasteiger partial charge is 0.356 e. The topological polar surface area (TPSA) is 95.6 Å². The molecule has 2 N–H and O–H groups in total. The summed E-state index contributed by atoms with van der Waals surface area (Å²) in [6, 6.07) is 16.9. The van der Waals surface area contributed by atoms with Crippen molar-refractivity contribution in [2.24, 2.45) is 0 Å². The highest BCUT2D eigenvalue weighted by Gasteiger charge is 2.39. The molecule has 2 aromatic rings. The number of piperazine rings is 1. The van der Waals surface area contributed by atoms with Gasteiger partial charge in [0.05, 0.1) is 11.3 Å². The minimum absolute atomic E-state index is 0.114. The molecule has 1 aliphatic heterocycles. The van der Waals surface area contributed by atoms with Gasteiger partial charge in [0.25, 0.3) is 0 Å². The van der Waals surface area contributed by atoms with E-state index < -0.39 is 22.0 Å². The molecular formula is C21H25N3O4S. The first-order chi connectivity index (χ1) is 14.0. The molecule has 1 unspecified atom stereocenters. The van der Waals surface area contributed by atoms with E-state index in [0.29, 0.717) is 6.54 Å². The number of nitrogens with zero attached hydrogens (tertiary/aromatic N) is 1. The Bertz CT molecular complexity index is 933. The number of hydrogen-bond donors (Lipinski definition) is 2. The maximum absolute atomic E-state index is 13.0. The van der Waals surface area contributed by atoms with Gasteiger partial charge in [-0.1, -0.05) is 48.5 Å². The standard InChI is InChI=1S/C21H25N3O4S/c25-20(22-13-7-10-17-8-3-1-4-9-17)16-19-21(26)23-14-15-24(19)29(27,28)18-11-5-2-6-12-18/h1-6,8-9,11-12,19H,7,10,13-16H2,(H,22,25)(H,23,26). The molecule has 3 rings (SSSR count). The van der Waals surface area contributed by atoms with Gasteiger partial charge >= 0.3 is 0 Å². The highest BCUT2D eigenvalue weighted by Crippen LogP contribution is 2.21. The van der Waals surface area contributed by atoms with E-state index in [1.54, 1.807) is 18.2 Å². The fourth-order valence-corrected chi connectivity index (χ4v) is 4.93. The SMILES string of the molecule is O=C(CC1C(=O)NCCN1S(=O)(=O)c1ccccc1)NCCCc1ccccc1. The van der Waals surface area contributed by atoms with Gasteiger partial charge in [-0.25, -0.2) is 8.42 Å². The molecule has 154 valence electrons. The summed E-state index contributed by atoms with van der Waals surface area (Å²) in [7, 11) is -3.86. The van der Waals surface area contributed by atoms with Crippen LogP contribution in [0.5, 0.6) is 0 Å². The zero-order valence-corrected chi connectivity index (χ0v) is 16.9. The van der Waals surface area contributed by atoms with E-state index in [9.17, 15) is 18.0 Å². The number of carbonyl (C=O) groups is 2. The first-order valence-electron chi connectivity index (χ1n) is 9.64. The Kier molecular flexibility index (Phi) is 7.00. The minimum atomic E-state index is -3.86. The summed E-state index contributed by atoms with van der Waals surface area (Å²) in [5.74, 6) is -0.788. The molecule has 0 bridgehead atoms. The summed E-state index contributed by atoms with van der Waals surface area (Å²) in [5, 5.41) is 5.45. The van der Waals surface area contributed by atoms with Gasteiger partial charge in [-0.2, -0.15) is 4.31 Å². The Labute approximate surface area is 171 Å². The zero-order chi connectivity index (χ0) is 20.7. The zero-order valence-electron chi connectivity index (χ0n) is 16.1. The lowest BCUT2D eigenvalue weighted by Gasteiger charge is -2.33. The predicted octanol–water partition coefficient (Wildman–Crippen LogP) is 1.31. The van der Waals surface area contributed by atoms with E-state index in [-0.39, 0.29) is 30.3 Å². The second kappa shape index (κ2) is 9.67. The number of nitrogens with one attached hydrogen (secondary N) is 2. The smallest absolute Gasteiger partial charge is 0.243 e. The van der Waals surface area contributed by atoms with Crippen LogP contribution in [0, 0.1) is 0 Å². The maximum atomic E-state index is 13.0. The number of rotatable bonds is 8. The summed E-state index contributed by atoms with van der Waals surface area (Å²) in [5.41, 5.74) is 1.19. The Morgan fingerprint density at radius 1 is 1.07 bits per heavy atom. The van der Waals surface area contributed by atoms with Crippen molar-refractivity contribution in [3.8, 4) is 0 Å². The summed E-state index contributed by atoms with van der Waals surface area (Å²) in [6.45, 7) is 0.822. The van der Waals surface area contributed by atoms with Crippen LogP contribution in [0.3, 0.4) is 0 Å². The Morgan fingerprint density at radius 2 is 1.72 bits per heavy atom. The predicted molar refractivity (Wildman–Crippen MR) is 110 cm³/mol. The maximum Gasteiger partial charge on any atom is 0.243 e. The average molecular weight is 416 g/mol. The van der Waals surface area contributed by atoms with E-state index in [0.717, 1.165) is 17.1 Å². The van der Waals surface area contributed by atoms with Crippen LogP contribution in [0.4, 0.5) is 0 Å². The highest BCUT2D eigenvalue weighted by molar-refractivity contribution is 7.89. The molecule has 29 heavy (non-hydrogen) atoms. The van der Waals surface area contributed by atoms with Gasteiger partial charge in [0.1, 0.15) is 6.04 Å². The van der Waals surface area contributed by atoms with Crippen molar-refractivity contribution in [1.82, 2.24) is 14.9 Å². The van der Waals surface area contributed by atoms with E-state index in [4.69, 9.17) is 0 Å². The molecule has 0 radical (unpaired) electrons. The number of carbonyl (C=O) groups excluding carboxylic acids is 2. The van der Waals surface area contributed by atoms with Crippen LogP contribution >= 0.6 is 0 Å². The van der Waals surface area contributed by atoms with E-state index in [2.05, 4.69) is 10.6 Å². The quantitative estimate of drug-likeness (QED) is 0.636. The molecule has 1 saturated heterocycles. The fraction of sp³-hybridized carbons (Fsp3) is 0.333. The fourth-order valence-electron chi connectivity index (χ4n) is 3.32. The van der Waals surface area contributed by atoms with Crippen LogP contribution in [-0.2, 0) is 26.0 Å². The molecule has 0 spiro atoms. The molecule has 1 heterocycles. The van der Waals surface area contributed by atoms with Crippen molar-refractivity contribution in [1.29, 1.82) is 0 Å². The van der Waals surface area contributed by atoms with Crippen LogP contribution in [0.15, 0.2) is 65.6 Å². The van der Waals surface area contributed by atoms with Gasteiger partial charge in [-0.15, -0.1) is 0 Å². The molecule has 1 atom stereocenters. The summed E-state index contributed by atoms with van der Waals surface area (Å²) < 4.78 is 27.0. The van der Waals surface area contributed by atoms with Gasteiger partial charge in [0.2, 0.25) is 21.8 Å². The number of sulfonamides is 1. The van der Waals surface area contributed by atoms with Crippen LogP contribution in [0.2, 0.25) is 0 Å². The lowest BCUT2D eigenvalue weighted by Crippen LogP contribution is -2.58. The molecule has 2 amide bonds. The summed E-state index contributed by atoms with van der Waals surface area (Å²) in [6.07, 6.45) is 1.39. The Morgan fingerprint density at radius 3 is 2.41 bits per heavy atom. The second-order valence-electron chi connectivity index (χ2n) is 6.88. The Hall–Kier alpha value is -2.71. The van der Waals surface area contributed by atoms with Crippen molar-refractivity contribution in [2.75, 3.05) is 19.6 Å². The van der Waals surface area contributed by atoms with Crippen LogP contribution < -0.4 is 10.6 Å². The normalized spacial score (nSPS) is 17.5. The lowest BCUT2D eigenvalue weighted by molar-refractivity contribution is -0.131. The molecule has 8 heteroatoms. The van der Waals surface area contributed by atoms with Crippen LogP contribution in [0.25, 0.3) is 0 Å². The molecule has 0 aliphatic carbocycles. The van der Waals surface area contributed by atoms with E-state index in [1.807, 2.05) is 30.3 Å². The molecule has 0 aromatic heterocycles. The Balaban J connectivity index is 1.59. The third-order valence-corrected chi connectivity index (χ3v) is 6.74. The van der Waals surface area contributed by atoms with E-state index in [1.165, 1.54) is 17.7 Å². The van der Waals surface area contributed by atoms with Gasteiger partial charge in [-0.05, 0) is 30.5 Å². The van der Waals surface area contributed by atoms with Crippen molar-refractivity contribution in [3.05, 3.63) is 66.2 Å². The summed E-state index contributed by atoms with van der Waals surface area (Å²) >= 11 is 0. The first kappa shape index (κ1) is 21.0. The molecule has 2 aromatic carbocycles. The minimum Gasteiger partial charge on any atom is -0.356 e. The monoisotopic (exact) mass is 415 g/mol. The molecule has 1 aliphatic rings. The van der Waals surface area contributed by atoms with Gasteiger partial charge in [0, 0.05) is 19.6 Å². The van der Waals surface area contributed by atoms with Crippen LogP contribution in [0.1, 0.15) is 18.4 Å². The average Bonchev–Trinajstić information content (AvgIpc) is 2.74. The van der Waals surface area contributed by atoms with Gasteiger partial charge in [-0.3, -0.25) is 9.59 Å². The van der Waals surface area contributed by atoms with E-state index >= 15 is 0 Å². The summed E-state index contributed by atoms with van der Waals surface area (Å²) in [4.78, 5) is 24.8. The number of amides is 2. The molecule has 7 nitrogen and oxygen atoms in total. The second-order valence-corrected chi connectivity index (χ2v) is 8.77. The molecular weight excluding hydrogens is 390 g/mol. The van der Waals surface area contributed by atoms with Gasteiger partial charge < -0.3 is 10.6 Å². The van der Waals surface area contributed by atoms with Crippen molar-refractivity contribution >= 4 is 21.8 Å². The van der Waals surface area contributed by atoms with Crippen molar-refractivity contribution < 1.29 is 18.0 Å². The number of benzene rings is 2. The van der Waals surface area contributed by atoms with Gasteiger partial charge in [0.15, 0.2) is 0 Å². The van der Waals surface area contributed by atoms with Crippen LogP contribution in [-0.4, -0.2) is 50.2 Å². The number of hydrogen-bond acceptors (Lipinski definition) is 4. The molecule has 0 saturated carbocycles. The highest BCUT2D eigenvalue weighted by atomic mass is 32.2.